The maximum Gasteiger partial charge on any atom is 0.316 e. The highest BCUT2D eigenvalue weighted by Gasteiger charge is 2.32. The van der Waals surface area contributed by atoms with E-state index in [9.17, 15) is 18.0 Å². The Kier molecular flexibility index (Phi) is 6.67. The molecule has 2 N–H and O–H groups in total. The number of sulfonamides is 1. The lowest BCUT2D eigenvalue weighted by molar-refractivity contribution is -0.145. The van der Waals surface area contributed by atoms with Gasteiger partial charge in [0, 0.05) is 21.1 Å². The molecule has 154 valence electrons. The Balaban J connectivity index is 1.58. The van der Waals surface area contributed by atoms with Crippen LogP contribution in [0.15, 0.2) is 56.7 Å². The van der Waals surface area contributed by atoms with E-state index in [0.29, 0.717) is 12.1 Å². The molecular formula is C19H19BrN2O5S2. The zero-order valence-electron chi connectivity index (χ0n) is 15.5. The SMILES string of the molecule is CC1Cc2cc(S(N)(=O)=O)ccc2N1C(=O)COC(=O)CSc1ccc(Br)cc1. The molecule has 0 aliphatic carbocycles. The van der Waals surface area contributed by atoms with E-state index < -0.39 is 16.0 Å². The highest BCUT2D eigenvalue weighted by atomic mass is 79.9. The van der Waals surface area contributed by atoms with Crippen molar-refractivity contribution in [3.05, 3.63) is 52.5 Å². The molecular weight excluding hydrogens is 480 g/mol. The van der Waals surface area contributed by atoms with E-state index in [2.05, 4.69) is 15.9 Å². The third-order valence-electron chi connectivity index (χ3n) is 4.39. The number of carbonyl (C=O) groups is 2. The van der Waals surface area contributed by atoms with Gasteiger partial charge in [0.05, 0.1) is 10.6 Å². The van der Waals surface area contributed by atoms with Gasteiger partial charge in [0.1, 0.15) is 0 Å². The van der Waals surface area contributed by atoms with Crippen molar-refractivity contribution in [3.63, 3.8) is 0 Å². The van der Waals surface area contributed by atoms with Gasteiger partial charge in [-0.2, -0.15) is 0 Å². The molecule has 1 unspecified atom stereocenters. The number of hydrogen-bond donors (Lipinski definition) is 1. The molecule has 0 bridgehead atoms. The number of carbonyl (C=O) groups excluding carboxylic acids is 2. The highest BCUT2D eigenvalue weighted by molar-refractivity contribution is 9.10. The highest BCUT2D eigenvalue weighted by Crippen LogP contribution is 2.33. The second-order valence-corrected chi connectivity index (χ2v) is 10.1. The van der Waals surface area contributed by atoms with E-state index >= 15 is 0 Å². The van der Waals surface area contributed by atoms with Crippen LogP contribution in [0.1, 0.15) is 12.5 Å². The first-order valence-corrected chi connectivity index (χ1v) is 12.0. The summed E-state index contributed by atoms with van der Waals surface area (Å²) >= 11 is 4.67. The molecule has 1 aliphatic heterocycles. The zero-order valence-corrected chi connectivity index (χ0v) is 18.7. The smallest absolute Gasteiger partial charge is 0.316 e. The molecule has 0 aromatic heterocycles. The summed E-state index contributed by atoms with van der Waals surface area (Å²) in [6.07, 6.45) is 0.498. The summed E-state index contributed by atoms with van der Waals surface area (Å²) in [4.78, 5) is 27.0. The molecule has 3 rings (SSSR count). The van der Waals surface area contributed by atoms with Crippen molar-refractivity contribution in [2.24, 2.45) is 5.14 Å². The lowest BCUT2D eigenvalue weighted by atomic mass is 10.1. The van der Waals surface area contributed by atoms with Gasteiger partial charge in [0.15, 0.2) is 6.61 Å². The van der Waals surface area contributed by atoms with Crippen LogP contribution in [0.3, 0.4) is 0 Å². The molecule has 7 nitrogen and oxygen atoms in total. The Hall–Kier alpha value is -1.88. The molecule has 2 aromatic rings. The number of fused-ring (bicyclic) bond motifs is 1. The minimum atomic E-state index is -3.81. The van der Waals surface area contributed by atoms with E-state index in [0.717, 1.165) is 14.9 Å². The monoisotopic (exact) mass is 498 g/mol. The van der Waals surface area contributed by atoms with Gasteiger partial charge in [0.25, 0.3) is 5.91 Å². The van der Waals surface area contributed by atoms with Crippen LogP contribution in [0.2, 0.25) is 0 Å². The van der Waals surface area contributed by atoms with Gasteiger partial charge >= 0.3 is 5.97 Å². The third kappa shape index (κ3) is 5.39. The summed E-state index contributed by atoms with van der Waals surface area (Å²) in [5.41, 5.74) is 1.32. The fourth-order valence-corrected chi connectivity index (χ4v) is 4.62. The molecule has 10 heteroatoms. The number of halogens is 1. The standard InChI is InChI=1S/C19H19BrN2O5S2/c1-12-8-13-9-16(29(21,25)26)6-7-17(13)22(12)18(23)10-27-19(24)11-28-15-4-2-14(20)3-5-15/h2-7,9,12H,8,10-11H2,1H3,(H2,21,25,26). The number of ether oxygens (including phenoxy) is 1. The Morgan fingerprint density at radius 2 is 1.93 bits per heavy atom. The van der Waals surface area contributed by atoms with Crippen molar-refractivity contribution in [1.82, 2.24) is 0 Å². The first-order chi connectivity index (χ1) is 13.6. The Morgan fingerprint density at radius 3 is 2.59 bits per heavy atom. The first kappa shape index (κ1) is 21.8. The number of amides is 1. The fraction of sp³-hybridized carbons (Fsp3) is 0.263. The molecule has 0 saturated heterocycles. The van der Waals surface area contributed by atoms with Gasteiger partial charge in [-0.05, 0) is 61.4 Å². The largest absolute Gasteiger partial charge is 0.455 e. The van der Waals surface area contributed by atoms with Gasteiger partial charge < -0.3 is 9.64 Å². The Morgan fingerprint density at radius 1 is 1.24 bits per heavy atom. The third-order valence-corrected chi connectivity index (χ3v) is 6.82. The lowest BCUT2D eigenvalue weighted by Gasteiger charge is -2.22. The van der Waals surface area contributed by atoms with Crippen LogP contribution in [0, 0.1) is 0 Å². The van der Waals surface area contributed by atoms with Gasteiger partial charge in [0.2, 0.25) is 10.0 Å². The maximum atomic E-state index is 12.6. The van der Waals surface area contributed by atoms with E-state index in [1.807, 2.05) is 31.2 Å². The van der Waals surface area contributed by atoms with Crippen molar-refractivity contribution in [2.75, 3.05) is 17.3 Å². The van der Waals surface area contributed by atoms with Crippen LogP contribution >= 0.6 is 27.7 Å². The van der Waals surface area contributed by atoms with Crippen molar-refractivity contribution >= 4 is 55.3 Å². The molecule has 0 fully saturated rings. The summed E-state index contributed by atoms with van der Waals surface area (Å²) in [6, 6.07) is 11.8. The van der Waals surface area contributed by atoms with Gasteiger partial charge in [-0.1, -0.05) is 15.9 Å². The van der Waals surface area contributed by atoms with Crippen LogP contribution in [0.25, 0.3) is 0 Å². The number of esters is 1. The average molecular weight is 499 g/mol. The molecule has 1 atom stereocenters. The number of rotatable bonds is 6. The van der Waals surface area contributed by atoms with E-state index in [1.54, 1.807) is 6.07 Å². The van der Waals surface area contributed by atoms with Crippen LogP contribution in [-0.2, 0) is 30.8 Å². The minimum absolute atomic E-state index is 0.00847. The number of anilines is 1. The number of benzene rings is 2. The minimum Gasteiger partial charge on any atom is -0.455 e. The van der Waals surface area contributed by atoms with Crippen molar-refractivity contribution < 1.29 is 22.7 Å². The van der Waals surface area contributed by atoms with Gasteiger partial charge in [-0.25, -0.2) is 13.6 Å². The molecule has 1 heterocycles. The number of primary sulfonamides is 1. The summed E-state index contributed by atoms with van der Waals surface area (Å²) in [7, 11) is -3.81. The lowest BCUT2D eigenvalue weighted by Crippen LogP contribution is -2.38. The topological polar surface area (TPSA) is 107 Å². The summed E-state index contributed by atoms with van der Waals surface area (Å²) in [5.74, 6) is -0.747. The summed E-state index contributed by atoms with van der Waals surface area (Å²) < 4.78 is 29.1. The molecule has 2 aromatic carbocycles. The maximum absolute atomic E-state index is 12.6. The van der Waals surface area contributed by atoms with Crippen molar-refractivity contribution in [1.29, 1.82) is 0 Å². The number of hydrogen-bond acceptors (Lipinski definition) is 6. The van der Waals surface area contributed by atoms with Crippen molar-refractivity contribution in [3.8, 4) is 0 Å². The molecule has 1 amide bonds. The van der Waals surface area contributed by atoms with Crippen LogP contribution < -0.4 is 10.0 Å². The van der Waals surface area contributed by atoms with Crippen molar-refractivity contribution in [2.45, 2.75) is 29.2 Å². The molecule has 0 radical (unpaired) electrons. The molecule has 0 saturated carbocycles. The van der Waals surface area contributed by atoms with Crippen LogP contribution in [0.5, 0.6) is 0 Å². The van der Waals surface area contributed by atoms with E-state index in [4.69, 9.17) is 9.88 Å². The van der Waals surface area contributed by atoms with E-state index in [1.165, 1.54) is 28.8 Å². The second kappa shape index (κ2) is 8.86. The average Bonchev–Trinajstić information content (AvgIpc) is 3.00. The van der Waals surface area contributed by atoms with Gasteiger partial charge in [-0.3, -0.25) is 9.59 Å². The number of nitrogens with zero attached hydrogens (tertiary/aromatic N) is 1. The summed E-state index contributed by atoms with van der Waals surface area (Å²) in [5, 5.41) is 5.17. The summed E-state index contributed by atoms with van der Waals surface area (Å²) in [6.45, 7) is 1.47. The molecule has 1 aliphatic rings. The van der Waals surface area contributed by atoms with Crippen LogP contribution in [0.4, 0.5) is 5.69 Å². The number of nitrogens with two attached hydrogens (primary N) is 1. The normalized spacial score (nSPS) is 15.8. The van der Waals surface area contributed by atoms with E-state index in [-0.39, 0.29) is 29.2 Å². The first-order valence-electron chi connectivity index (χ1n) is 8.67. The van der Waals surface area contributed by atoms with Crippen LogP contribution in [-0.4, -0.2) is 38.7 Å². The fourth-order valence-electron chi connectivity index (χ4n) is 3.09. The Bertz CT molecular complexity index is 1040. The zero-order chi connectivity index (χ0) is 21.2. The predicted molar refractivity (Wildman–Crippen MR) is 114 cm³/mol. The second-order valence-electron chi connectivity index (χ2n) is 6.56. The molecule has 0 spiro atoms. The Labute approximate surface area is 181 Å². The molecule has 29 heavy (non-hydrogen) atoms. The quantitative estimate of drug-likeness (QED) is 0.484. The van der Waals surface area contributed by atoms with Gasteiger partial charge in [-0.15, -0.1) is 11.8 Å². The predicted octanol–water partition coefficient (Wildman–Crippen LogP) is 2.71. The number of thioether (sulfide) groups is 1.